The van der Waals surface area contributed by atoms with Crippen LogP contribution in [0.5, 0.6) is 0 Å². The predicted octanol–water partition coefficient (Wildman–Crippen LogP) is 2.82. The highest BCUT2D eigenvalue weighted by atomic mass is 32.1. The minimum atomic E-state index is -0.227. The first-order valence-electron chi connectivity index (χ1n) is 8.08. The number of ether oxygens (including phenoxy) is 1. The first kappa shape index (κ1) is 16.1. The fourth-order valence-corrected chi connectivity index (χ4v) is 3.40. The van der Waals surface area contributed by atoms with Crippen molar-refractivity contribution in [1.82, 2.24) is 15.3 Å². The maximum absolute atomic E-state index is 11.8. The van der Waals surface area contributed by atoms with Gasteiger partial charge in [0.1, 0.15) is 6.10 Å². The molecule has 1 aliphatic rings. The fourth-order valence-electron chi connectivity index (χ4n) is 2.57. The van der Waals surface area contributed by atoms with Gasteiger partial charge in [-0.2, -0.15) is 0 Å². The number of hydrogen-bond acceptors (Lipinski definition) is 5. The van der Waals surface area contributed by atoms with Crippen LogP contribution in [0.15, 0.2) is 29.8 Å². The number of nitrogens with one attached hydrogen (secondary N) is 1. The molecule has 3 rings (SSSR count). The van der Waals surface area contributed by atoms with Crippen molar-refractivity contribution in [1.29, 1.82) is 0 Å². The van der Waals surface area contributed by atoms with Crippen LogP contribution in [0.25, 0.3) is 11.4 Å². The van der Waals surface area contributed by atoms with Gasteiger partial charge in [0.05, 0.1) is 16.4 Å². The van der Waals surface area contributed by atoms with Crippen LogP contribution >= 0.6 is 11.3 Å². The molecule has 0 saturated carbocycles. The van der Waals surface area contributed by atoms with E-state index < -0.39 is 0 Å². The third-order valence-corrected chi connectivity index (χ3v) is 4.73. The maximum atomic E-state index is 11.8. The molecule has 5 nitrogen and oxygen atoms in total. The van der Waals surface area contributed by atoms with Gasteiger partial charge in [0, 0.05) is 24.7 Å². The van der Waals surface area contributed by atoms with E-state index in [2.05, 4.69) is 20.7 Å². The maximum Gasteiger partial charge on any atom is 0.249 e. The number of aryl methyl sites for hydroxylation is 1. The van der Waals surface area contributed by atoms with Gasteiger partial charge in [-0.1, -0.05) is 6.07 Å². The molecule has 0 radical (unpaired) electrons. The third-order valence-electron chi connectivity index (χ3n) is 3.82. The first-order chi connectivity index (χ1) is 11.3. The molecule has 2 aromatic heterocycles. The van der Waals surface area contributed by atoms with Gasteiger partial charge in [-0.3, -0.25) is 9.78 Å². The van der Waals surface area contributed by atoms with Crippen LogP contribution < -0.4 is 5.32 Å². The van der Waals surface area contributed by atoms with Gasteiger partial charge in [0.25, 0.3) is 0 Å². The van der Waals surface area contributed by atoms with Gasteiger partial charge < -0.3 is 10.1 Å². The molecule has 1 saturated heterocycles. The number of rotatable bonds is 7. The van der Waals surface area contributed by atoms with Crippen LogP contribution in [0.4, 0.5) is 0 Å². The Morgan fingerprint density at radius 1 is 1.35 bits per heavy atom. The zero-order chi connectivity index (χ0) is 15.9. The molecule has 0 aliphatic carbocycles. The lowest BCUT2D eigenvalue weighted by atomic mass is 10.2. The fraction of sp³-hybridized carbons (Fsp3) is 0.471. The summed E-state index contributed by atoms with van der Waals surface area (Å²) in [5, 5.41) is 6.12. The van der Waals surface area contributed by atoms with Crippen molar-refractivity contribution < 1.29 is 9.53 Å². The summed E-state index contributed by atoms with van der Waals surface area (Å²) in [6.45, 7) is 1.41. The summed E-state index contributed by atoms with van der Waals surface area (Å²) < 4.78 is 5.36. The van der Waals surface area contributed by atoms with Crippen molar-refractivity contribution in [2.75, 3.05) is 13.2 Å². The van der Waals surface area contributed by atoms with Crippen LogP contribution in [0.2, 0.25) is 0 Å². The van der Waals surface area contributed by atoms with Crippen molar-refractivity contribution in [3.05, 3.63) is 34.8 Å². The Hall–Kier alpha value is -1.79. The molecule has 0 bridgehead atoms. The van der Waals surface area contributed by atoms with Crippen LogP contribution in [-0.4, -0.2) is 35.1 Å². The van der Waals surface area contributed by atoms with E-state index >= 15 is 0 Å². The summed E-state index contributed by atoms with van der Waals surface area (Å²) in [6.07, 6.45) is 6.30. The minimum absolute atomic E-state index is 0.0363. The smallest absolute Gasteiger partial charge is 0.249 e. The Morgan fingerprint density at radius 3 is 3.09 bits per heavy atom. The van der Waals surface area contributed by atoms with Gasteiger partial charge in [0.15, 0.2) is 0 Å². The number of hydrogen-bond donors (Lipinski definition) is 1. The number of aromatic nitrogens is 2. The summed E-state index contributed by atoms with van der Waals surface area (Å²) >= 11 is 1.67. The summed E-state index contributed by atoms with van der Waals surface area (Å²) in [6, 6.07) is 5.85. The topological polar surface area (TPSA) is 64.1 Å². The second-order valence-corrected chi connectivity index (χ2v) is 6.53. The quantitative estimate of drug-likeness (QED) is 0.793. The van der Waals surface area contributed by atoms with E-state index in [1.807, 2.05) is 18.2 Å². The Bertz CT molecular complexity index is 624. The highest BCUT2D eigenvalue weighted by Crippen LogP contribution is 2.20. The number of carbonyl (C=O) groups is 1. The molecule has 1 atom stereocenters. The van der Waals surface area contributed by atoms with Gasteiger partial charge in [-0.25, -0.2) is 4.98 Å². The van der Waals surface area contributed by atoms with E-state index in [4.69, 9.17) is 4.74 Å². The number of pyridine rings is 1. The molecular formula is C17H21N3O2S. The van der Waals surface area contributed by atoms with Crippen LogP contribution in [-0.2, 0) is 16.0 Å². The molecule has 0 spiro atoms. The van der Waals surface area contributed by atoms with Crippen molar-refractivity contribution >= 4 is 17.2 Å². The molecule has 23 heavy (non-hydrogen) atoms. The van der Waals surface area contributed by atoms with Crippen molar-refractivity contribution in [2.45, 2.75) is 38.2 Å². The van der Waals surface area contributed by atoms with Gasteiger partial charge >= 0.3 is 0 Å². The molecule has 122 valence electrons. The molecule has 6 heteroatoms. The SMILES string of the molecule is O=C(NCCCCc1nc(-c2ccccn2)cs1)[C@H]1CCCO1. The van der Waals surface area contributed by atoms with Crippen LogP contribution in [0.1, 0.15) is 30.7 Å². The number of amides is 1. The van der Waals surface area contributed by atoms with E-state index in [1.165, 1.54) is 0 Å². The number of thiazole rings is 1. The van der Waals surface area contributed by atoms with E-state index in [1.54, 1.807) is 17.5 Å². The lowest BCUT2D eigenvalue weighted by molar-refractivity contribution is -0.130. The van der Waals surface area contributed by atoms with E-state index in [9.17, 15) is 4.79 Å². The van der Waals surface area contributed by atoms with Gasteiger partial charge in [-0.05, 0) is 44.2 Å². The molecule has 1 amide bonds. The molecule has 1 fully saturated rings. The molecule has 3 heterocycles. The zero-order valence-corrected chi connectivity index (χ0v) is 13.8. The Morgan fingerprint density at radius 2 is 2.30 bits per heavy atom. The molecule has 0 aromatic carbocycles. The molecule has 1 N–H and O–H groups in total. The van der Waals surface area contributed by atoms with E-state index in [0.29, 0.717) is 13.2 Å². The van der Waals surface area contributed by atoms with Crippen molar-refractivity contribution in [2.24, 2.45) is 0 Å². The largest absolute Gasteiger partial charge is 0.368 e. The summed E-state index contributed by atoms with van der Waals surface area (Å²) in [5.74, 6) is 0.0363. The Balaban J connectivity index is 1.36. The monoisotopic (exact) mass is 331 g/mol. The Labute approximate surface area is 140 Å². The van der Waals surface area contributed by atoms with Crippen molar-refractivity contribution in [3.8, 4) is 11.4 Å². The van der Waals surface area contributed by atoms with Gasteiger partial charge in [0.2, 0.25) is 5.91 Å². The minimum Gasteiger partial charge on any atom is -0.368 e. The molecular weight excluding hydrogens is 310 g/mol. The summed E-state index contributed by atoms with van der Waals surface area (Å²) in [7, 11) is 0. The zero-order valence-electron chi connectivity index (χ0n) is 13.0. The van der Waals surface area contributed by atoms with E-state index in [-0.39, 0.29) is 12.0 Å². The molecule has 2 aromatic rings. The second kappa shape index (κ2) is 8.17. The average molecular weight is 331 g/mol. The van der Waals surface area contributed by atoms with Crippen LogP contribution in [0, 0.1) is 0 Å². The van der Waals surface area contributed by atoms with Gasteiger partial charge in [-0.15, -0.1) is 11.3 Å². The first-order valence-corrected chi connectivity index (χ1v) is 8.96. The number of unbranched alkanes of at least 4 members (excludes halogenated alkanes) is 1. The van der Waals surface area contributed by atoms with Crippen LogP contribution in [0.3, 0.4) is 0 Å². The average Bonchev–Trinajstić information content (AvgIpc) is 3.27. The van der Waals surface area contributed by atoms with Crippen molar-refractivity contribution in [3.63, 3.8) is 0 Å². The Kier molecular flexibility index (Phi) is 5.71. The number of nitrogens with zero attached hydrogens (tertiary/aromatic N) is 2. The predicted molar refractivity (Wildman–Crippen MR) is 90.3 cm³/mol. The standard InChI is InChI=1S/C17H21N3O2S/c21-17(15-7-5-11-22-15)19-10-4-2-8-16-20-14(12-23-16)13-6-1-3-9-18-13/h1,3,6,9,12,15H,2,4-5,7-8,10-11H2,(H,19,21)/t15-/m1/s1. The highest BCUT2D eigenvalue weighted by molar-refractivity contribution is 7.09. The molecule has 1 aliphatic heterocycles. The third kappa shape index (κ3) is 4.59. The lowest BCUT2D eigenvalue weighted by Gasteiger charge is -2.09. The summed E-state index contributed by atoms with van der Waals surface area (Å²) in [4.78, 5) is 20.7. The normalized spacial score (nSPS) is 17.3. The molecule has 0 unspecified atom stereocenters. The number of carbonyl (C=O) groups excluding carboxylic acids is 1. The van der Waals surface area contributed by atoms with E-state index in [0.717, 1.165) is 48.5 Å². The summed E-state index contributed by atoms with van der Waals surface area (Å²) in [5.41, 5.74) is 1.86. The second-order valence-electron chi connectivity index (χ2n) is 5.59. The highest BCUT2D eigenvalue weighted by Gasteiger charge is 2.22. The lowest BCUT2D eigenvalue weighted by Crippen LogP contribution is -2.34.